The number of thiophene rings is 1. The number of methoxy groups -OCH3 is 1. The second kappa shape index (κ2) is 10.1. The van der Waals surface area contributed by atoms with Gasteiger partial charge in [-0.25, -0.2) is 13.4 Å². The first-order valence-corrected chi connectivity index (χ1v) is 14.2. The molecule has 0 aliphatic carbocycles. The Morgan fingerprint density at radius 1 is 1.16 bits per heavy atom. The first-order chi connectivity index (χ1) is 17.7. The lowest BCUT2D eigenvalue weighted by Crippen LogP contribution is -2.51. The van der Waals surface area contributed by atoms with Crippen LogP contribution in [0.4, 0.5) is 5.82 Å². The van der Waals surface area contributed by atoms with E-state index >= 15 is 0 Å². The van der Waals surface area contributed by atoms with Crippen LogP contribution in [0, 0.1) is 0 Å². The summed E-state index contributed by atoms with van der Waals surface area (Å²) in [6, 6.07) is 13.1. The Hall–Kier alpha value is -3.47. The fraction of sp³-hybridized carbons (Fsp3) is 0.259. The molecule has 10 heteroatoms. The number of rotatable bonds is 7. The third kappa shape index (κ3) is 5.31. The predicted octanol–water partition coefficient (Wildman–Crippen LogP) is 4.11. The number of carbonyl (C=O) groups is 1. The van der Waals surface area contributed by atoms with Crippen molar-refractivity contribution in [2.24, 2.45) is 0 Å². The molecule has 3 N–H and O–H groups in total. The molecule has 192 valence electrons. The van der Waals surface area contributed by atoms with Crippen LogP contribution in [0.2, 0.25) is 0 Å². The Morgan fingerprint density at radius 3 is 2.65 bits per heavy atom. The minimum Gasteiger partial charge on any atom is -0.497 e. The highest BCUT2D eigenvalue weighted by Crippen LogP contribution is 2.30. The standard InChI is InChI=1S/C27H28N4O4S2/c1-17-8-11-31(12-9-17)27(32)24(16-21-15-23-25(36-21)7-10-29-26(23)28)30-37(33,34)22-6-4-18-3-5-20(35-2)13-19(18)14-22/h3-7,10,13-15,24,30H,1,8-9,11-12,16H2,2H3,(H2,28,29). The number of hydrogen-bond donors (Lipinski definition) is 2. The van der Waals surface area contributed by atoms with Crippen LogP contribution in [-0.2, 0) is 21.2 Å². The number of piperidine rings is 1. The van der Waals surface area contributed by atoms with Gasteiger partial charge in [-0.15, -0.1) is 11.3 Å². The van der Waals surface area contributed by atoms with E-state index in [-0.39, 0.29) is 17.2 Å². The van der Waals surface area contributed by atoms with E-state index in [1.165, 1.54) is 11.3 Å². The molecular weight excluding hydrogens is 508 g/mol. The van der Waals surface area contributed by atoms with Crippen LogP contribution in [0.25, 0.3) is 20.9 Å². The Bertz CT molecular complexity index is 1600. The smallest absolute Gasteiger partial charge is 0.241 e. The van der Waals surface area contributed by atoms with Gasteiger partial charge in [-0.1, -0.05) is 24.3 Å². The van der Waals surface area contributed by atoms with E-state index < -0.39 is 16.1 Å². The molecule has 1 atom stereocenters. The summed E-state index contributed by atoms with van der Waals surface area (Å²) in [4.78, 5) is 20.4. The molecule has 3 heterocycles. The summed E-state index contributed by atoms with van der Waals surface area (Å²) in [5.41, 5.74) is 7.12. The number of nitrogen functional groups attached to an aromatic ring is 1. The molecule has 0 saturated carbocycles. The summed E-state index contributed by atoms with van der Waals surface area (Å²) in [6.07, 6.45) is 3.26. The van der Waals surface area contributed by atoms with E-state index in [9.17, 15) is 13.2 Å². The summed E-state index contributed by atoms with van der Waals surface area (Å²) in [5.74, 6) is 0.792. The van der Waals surface area contributed by atoms with Crippen LogP contribution in [0.5, 0.6) is 5.75 Å². The second-order valence-corrected chi connectivity index (χ2v) is 12.0. The molecule has 4 aromatic rings. The fourth-order valence-corrected chi connectivity index (χ4v) is 6.87. The fourth-order valence-electron chi connectivity index (χ4n) is 4.53. The summed E-state index contributed by atoms with van der Waals surface area (Å²) in [6.45, 7) is 5.06. The van der Waals surface area contributed by atoms with Crippen LogP contribution < -0.4 is 15.2 Å². The monoisotopic (exact) mass is 536 g/mol. The second-order valence-electron chi connectivity index (χ2n) is 9.15. The average molecular weight is 537 g/mol. The van der Waals surface area contributed by atoms with Crippen molar-refractivity contribution in [3.8, 4) is 5.75 Å². The van der Waals surface area contributed by atoms with Gasteiger partial charge in [-0.2, -0.15) is 4.72 Å². The van der Waals surface area contributed by atoms with E-state index in [0.29, 0.717) is 37.5 Å². The van der Waals surface area contributed by atoms with E-state index in [1.807, 2.05) is 24.3 Å². The van der Waals surface area contributed by atoms with Gasteiger partial charge >= 0.3 is 0 Å². The zero-order chi connectivity index (χ0) is 26.2. The van der Waals surface area contributed by atoms with Gasteiger partial charge in [0.15, 0.2) is 0 Å². The van der Waals surface area contributed by atoms with Gasteiger partial charge in [0.2, 0.25) is 15.9 Å². The molecule has 0 spiro atoms. The highest BCUT2D eigenvalue weighted by Gasteiger charge is 2.31. The largest absolute Gasteiger partial charge is 0.497 e. The number of nitrogens with zero attached hydrogens (tertiary/aromatic N) is 2. The molecule has 2 aromatic carbocycles. The number of likely N-dealkylation sites (tertiary alicyclic amines) is 1. The van der Waals surface area contributed by atoms with E-state index in [2.05, 4.69) is 16.3 Å². The van der Waals surface area contributed by atoms with Crippen LogP contribution in [0.15, 0.2) is 71.8 Å². The summed E-state index contributed by atoms with van der Waals surface area (Å²) < 4.78 is 36.0. The minimum atomic E-state index is -4.01. The third-order valence-electron chi connectivity index (χ3n) is 6.64. The van der Waals surface area contributed by atoms with Gasteiger partial charge in [0, 0.05) is 40.7 Å². The van der Waals surface area contributed by atoms with Crippen molar-refractivity contribution in [3.63, 3.8) is 0 Å². The molecule has 1 amide bonds. The number of fused-ring (bicyclic) bond motifs is 2. The van der Waals surface area contributed by atoms with E-state index in [4.69, 9.17) is 10.5 Å². The summed E-state index contributed by atoms with van der Waals surface area (Å²) in [5, 5.41) is 2.42. The van der Waals surface area contributed by atoms with E-state index in [1.54, 1.807) is 42.5 Å². The quantitative estimate of drug-likeness (QED) is 0.344. The molecule has 0 radical (unpaired) electrons. The lowest BCUT2D eigenvalue weighted by Gasteiger charge is -2.31. The zero-order valence-electron chi connectivity index (χ0n) is 20.4. The molecule has 1 aliphatic rings. The highest BCUT2D eigenvalue weighted by atomic mass is 32.2. The Balaban J connectivity index is 1.47. The summed E-state index contributed by atoms with van der Waals surface area (Å²) >= 11 is 1.48. The topological polar surface area (TPSA) is 115 Å². The molecule has 8 nitrogen and oxygen atoms in total. The molecule has 1 unspecified atom stereocenters. The van der Waals surface area contributed by atoms with Crippen molar-refractivity contribution in [1.29, 1.82) is 0 Å². The SMILES string of the molecule is C=C1CCN(C(=O)C(Cc2cc3c(N)nccc3s2)NS(=O)(=O)c2ccc3ccc(OC)cc3c2)CC1. The summed E-state index contributed by atoms with van der Waals surface area (Å²) in [7, 11) is -2.45. The first-order valence-electron chi connectivity index (χ1n) is 11.9. The van der Waals surface area contributed by atoms with Gasteiger partial charge in [-0.05, 0) is 60.0 Å². The maximum atomic E-state index is 13.6. The van der Waals surface area contributed by atoms with Crippen LogP contribution in [0.3, 0.4) is 0 Å². The maximum Gasteiger partial charge on any atom is 0.241 e. The average Bonchev–Trinajstić information content (AvgIpc) is 3.31. The Labute approximate surface area is 219 Å². The molecule has 5 rings (SSSR count). The lowest BCUT2D eigenvalue weighted by atomic mass is 10.0. The number of hydrogen-bond acceptors (Lipinski definition) is 7. The zero-order valence-corrected chi connectivity index (χ0v) is 22.1. The first kappa shape index (κ1) is 25.2. The minimum absolute atomic E-state index is 0.0860. The Morgan fingerprint density at radius 2 is 1.92 bits per heavy atom. The molecule has 0 bridgehead atoms. The van der Waals surface area contributed by atoms with Gasteiger partial charge in [0.05, 0.1) is 12.0 Å². The number of sulfonamides is 1. The third-order valence-corrected chi connectivity index (χ3v) is 9.23. The molecule has 2 aromatic heterocycles. The number of carbonyl (C=O) groups excluding carboxylic acids is 1. The molecule has 1 aliphatic heterocycles. The lowest BCUT2D eigenvalue weighted by molar-refractivity contribution is -0.133. The van der Waals surface area contributed by atoms with Gasteiger partial charge < -0.3 is 15.4 Å². The van der Waals surface area contributed by atoms with Crippen molar-refractivity contribution in [3.05, 3.63) is 71.8 Å². The number of aromatic nitrogens is 1. The van der Waals surface area contributed by atoms with E-state index in [0.717, 1.165) is 31.3 Å². The molecule has 1 saturated heterocycles. The number of benzene rings is 2. The van der Waals surface area contributed by atoms with Crippen molar-refractivity contribution in [1.82, 2.24) is 14.6 Å². The van der Waals surface area contributed by atoms with Crippen molar-refractivity contribution in [2.75, 3.05) is 25.9 Å². The number of nitrogens with one attached hydrogen (secondary N) is 1. The van der Waals surface area contributed by atoms with Crippen molar-refractivity contribution in [2.45, 2.75) is 30.2 Å². The number of pyridine rings is 1. The van der Waals surface area contributed by atoms with Gasteiger partial charge in [0.25, 0.3) is 0 Å². The normalized spacial score (nSPS) is 15.3. The molecule has 1 fully saturated rings. The van der Waals surface area contributed by atoms with Crippen LogP contribution in [-0.4, -0.2) is 50.5 Å². The van der Waals surface area contributed by atoms with Crippen LogP contribution >= 0.6 is 11.3 Å². The van der Waals surface area contributed by atoms with Gasteiger partial charge in [-0.3, -0.25) is 4.79 Å². The predicted molar refractivity (Wildman–Crippen MR) is 147 cm³/mol. The molecular formula is C27H28N4O4S2. The number of nitrogens with two attached hydrogens (primary N) is 1. The number of amides is 1. The maximum absolute atomic E-state index is 13.6. The van der Waals surface area contributed by atoms with Crippen molar-refractivity contribution < 1.29 is 17.9 Å². The Kier molecular flexibility index (Phi) is 6.89. The van der Waals surface area contributed by atoms with Gasteiger partial charge in [0.1, 0.15) is 17.6 Å². The molecule has 37 heavy (non-hydrogen) atoms. The number of anilines is 1. The highest BCUT2D eigenvalue weighted by molar-refractivity contribution is 7.89. The van der Waals surface area contributed by atoms with Crippen LogP contribution in [0.1, 0.15) is 17.7 Å². The number of ether oxygens (including phenoxy) is 1. The van der Waals surface area contributed by atoms with Crippen molar-refractivity contribution >= 4 is 53.9 Å².